The number of hydrogen-bond donors (Lipinski definition) is 3. The number of nitrogens with two attached hydrogens (primary N) is 2. The SMILES string of the molecule is CC(NC(=O)C(CN)Cc1ccccc1)C(N)=O. The van der Waals surface area contributed by atoms with Crippen LogP contribution in [0.5, 0.6) is 0 Å². The molecule has 18 heavy (non-hydrogen) atoms. The summed E-state index contributed by atoms with van der Waals surface area (Å²) in [5.41, 5.74) is 11.7. The molecule has 0 aliphatic heterocycles. The van der Waals surface area contributed by atoms with Crippen molar-refractivity contribution in [3.63, 3.8) is 0 Å². The summed E-state index contributed by atoms with van der Waals surface area (Å²) >= 11 is 0. The first-order valence-electron chi connectivity index (χ1n) is 5.88. The first-order valence-corrected chi connectivity index (χ1v) is 5.88. The zero-order chi connectivity index (χ0) is 13.5. The molecule has 0 saturated carbocycles. The molecule has 0 heterocycles. The van der Waals surface area contributed by atoms with Crippen LogP contribution < -0.4 is 16.8 Å². The number of amides is 2. The van der Waals surface area contributed by atoms with Crippen LogP contribution in [-0.2, 0) is 16.0 Å². The van der Waals surface area contributed by atoms with Crippen LogP contribution in [0.1, 0.15) is 12.5 Å². The molecule has 0 aliphatic carbocycles. The second-order valence-corrected chi connectivity index (χ2v) is 4.25. The zero-order valence-electron chi connectivity index (χ0n) is 10.4. The first-order chi connectivity index (χ1) is 8.54. The van der Waals surface area contributed by atoms with E-state index in [0.717, 1.165) is 5.56 Å². The molecule has 1 rings (SSSR count). The molecule has 0 fully saturated rings. The van der Waals surface area contributed by atoms with Crippen LogP contribution >= 0.6 is 0 Å². The van der Waals surface area contributed by atoms with E-state index in [1.165, 1.54) is 0 Å². The quantitative estimate of drug-likeness (QED) is 0.650. The van der Waals surface area contributed by atoms with Crippen LogP contribution in [0.15, 0.2) is 30.3 Å². The molecule has 5 N–H and O–H groups in total. The van der Waals surface area contributed by atoms with Gasteiger partial charge >= 0.3 is 0 Å². The van der Waals surface area contributed by atoms with E-state index >= 15 is 0 Å². The third kappa shape index (κ3) is 4.18. The predicted octanol–water partition coefficient (Wildman–Crippen LogP) is -0.206. The van der Waals surface area contributed by atoms with Crippen molar-refractivity contribution in [2.24, 2.45) is 17.4 Å². The lowest BCUT2D eigenvalue weighted by atomic mass is 9.98. The van der Waals surface area contributed by atoms with Gasteiger partial charge in [0.05, 0.1) is 5.92 Å². The monoisotopic (exact) mass is 249 g/mol. The zero-order valence-corrected chi connectivity index (χ0v) is 10.4. The molecule has 1 aromatic rings. The molecule has 0 radical (unpaired) electrons. The Labute approximate surface area is 107 Å². The first kappa shape index (κ1) is 14.2. The van der Waals surface area contributed by atoms with E-state index in [1.807, 2.05) is 30.3 Å². The van der Waals surface area contributed by atoms with Crippen molar-refractivity contribution in [3.05, 3.63) is 35.9 Å². The van der Waals surface area contributed by atoms with E-state index in [-0.39, 0.29) is 18.4 Å². The number of carbonyl (C=O) groups is 2. The van der Waals surface area contributed by atoms with Gasteiger partial charge in [-0.05, 0) is 18.9 Å². The Balaban J connectivity index is 2.61. The van der Waals surface area contributed by atoms with E-state index in [2.05, 4.69) is 5.32 Å². The number of primary amides is 1. The highest BCUT2D eigenvalue weighted by atomic mass is 16.2. The van der Waals surface area contributed by atoms with Gasteiger partial charge in [0.1, 0.15) is 6.04 Å². The lowest BCUT2D eigenvalue weighted by molar-refractivity contribution is -0.129. The number of benzene rings is 1. The number of carbonyl (C=O) groups excluding carboxylic acids is 2. The van der Waals surface area contributed by atoms with Crippen molar-refractivity contribution in [1.29, 1.82) is 0 Å². The summed E-state index contributed by atoms with van der Waals surface area (Å²) in [6, 6.07) is 8.93. The second kappa shape index (κ2) is 6.76. The van der Waals surface area contributed by atoms with Gasteiger partial charge in [0, 0.05) is 6.54 Å². The third-order valence-electron chi connectivity index (χ3n) is 2.77. The summed E-state index contributed by atoms with van der Waals surface area (Å²) in [4.78, 5) is 22.8. The van der Waals surface area contributed by atoms with Crippen molar-refractivity contribution in [1.82, 2.24) is 5.32 Å². The summed E-state index contributed by atoms with van der Waals surface area (Å²) in [6.07, 6.45) is 0.550. The van der Waals surface area contributed by atoms with Gasteiger partial charge < -0.3 is 16.8 Å². The Morgan fingerprint density at radius 1 is 1.28 bits per heavy atom. The van der Waals surface area contributed by atoms with E-state index in [4.69, 9.17) is 11.5 Å². The molecular formula is C13H19N3O2. The minimum atomic E-state index is -0.678. The summed E-state index contributed by atoms with van der Waals surface area (Å²) in [5, 5.41) is 2.56. The highest BCUT2D eigenvalue weighted by Crippen LogP contribution is 2.08. The molecule has 2 amide bonds. The summed E-state index contributed by atoms with van der Waals surface area (Å²) < 4.78 is 0. The van der Waals surface area contributed by atoms with E-state index < -0.39 is 11.9 Å². The van der Waals surface area contributed by atoms with Crippen molar-refractivity contribution >= 4 is 11.8 Å². The Bertz CT molecular complexity index is 406. The summed E-state index contributed by atoms with van der Waals surface area (Å²) in [6.45, 7) is 1.78. The molecule has 0 saturated heterocycles. The maximum atomic E-state index is 11.9. The van der Waals surface area contributed by atoms with Gasteiger partial charge in [0.15, 0.2) is 0 Å². The minimum Gasteiger partial charge on any atom is -0.368 e. The molecule has 0 spiro atoms. The van der Waals surface area contributed by atoms with Crippen molar-refractivity contribution < 1.29 is 9.59 Å². The second-order valence-electron chi connectivity index (χ2n) is 4.25. The molecule has 0 bridgehead atoms. The highest BCUT2D eigenvalue weighted by molar-refractivity contribution is 5.87. The molecule has 2 unspecified atom stereocenters. The fraction of sp³-hybridized carbons (Fsp3) is 0.385. The van der Waals surface area contributed by atoms with Crippen LogP contribution in [-0.4, -0.2) is 24.4 Å². The normalized spacial score (nSPS) is 13.7. The number of hydrogen-bond acceptors (Lipinski definition) is 3. The largest absolute Gasteiger partial charge is 0.368 e. The standard InChI is InChI=1S/C13H19N3O2/c1-9(12(15)17)16-13(18)11(8-14)7-10-5-3-2-4-6-10/h2-6,9,11H,7-8,14H2,1H3,(H2,15,17)(H,16,18). The number of rotatable bonds is 6. The Morgan fingerprint density at radius 2 is 1.89 bits per heavy atom. The molecule has 1 aromatic carbocycles. The molecule has 98 valence electrons. The van der Waals surface area contributed by atoms with Gasteiger partial charge in [-0.15, -0.1) is 0 Å². The van der Waals surface area contributed by atoms with Gasteiger partial charge in [-0.3, -0.25) is 9.59 Å². The lowest BCUT2D eigenvalue weighted by Crippen LogP contribution is -2.46. The van der Waals surface area contributed by atoms with Gasteiger partial charge in [-0.25, -0.2) is 0 Å². The predicted molar refractivity (Wildman–Crippen MR) is 69.5 cm³/mol. The lowest BCUT2D eigenvalue weighted by Gasteiger charge is -2.17. The van der Waals surface area contributed by atoms with E-state index in [1.54, 1.807) is 6.92 Å². The van der Waals surface area contributed by atoms with Gasteiger partial charge in [0.25, 0.3) is 0 Å². The van der Waals surface area contributed by atoms with Crippen molar-refractivity contribution in [2.45, 2.75) is 19.4 Å². The van der Waals surface area contributed by atoms with Crippen LogP contribution in [0.4, 0.5) is 0 Å². The maximum absolute atomic E-state index is 11.9. The molecular weight excluding hydrogens is 230 g/mol. The molecule has 0 aromatic heterocycles. The van der Waals surface area contributed by atoms with Crippen LogP contribution in [0.2, 0.25) is 0 Å². The fourth-order valence-corrected chi connectivity index (χ4v) is 1.58. The van der Waals surface area contributed by atoms with Gasteiger partial charge in [-0.2, -0.15) is 0 Å². The number of nitrogens with one attached hydrogen (secondary N) is 1. The van der Waals surface area contributed by atoms with Crippen molar-refractivity contribution in [2.75, 3.05) is 6.54 Å². The summed E-state index contributed by atoms with van der Waals surface area (Å²) in [5.74, 6) is -1.15. The Kier molecular flexibility index (Phi) is 5.32. The molecule has 5 nitrogen and oxygen atoms in total. The van der Waals surface area contributed by atoms with Crippen LogP contribution in [0.3, 0.4) is 0 Å². The van der Waals surface area contributed by atoms with Crippen LogP contribution in [0, 0.1) is 5.92 Å². The third-order valence-corrected chi connectivity index (χ3v) is 2.77. The fourth-order valence-electron chi connectivity index (χ4n) is 1.58. The summed E-state index contributed by atoms with van der Waals surface area (Å²) in [7, 11) is 0. The average Bonchev–Trinajstić information content (AvgIpc) is 2.36. The van der Waals surface area contributed by atoms with E-state index in [0.29, 0.717) is 6.42 Å². The highest BCUT2D eigenvalue weighted by Gasteiger charge is 2.20. The van der Waals surface area contributed by atoms with Gasteiger partial charge in [0.2, 0.25) is 11.8 Å². The van der Waals surface area contributed by atoms with E-state index in [9.17, 15) is 9.59 Å². The topological polar surface area (TPSA) is 98.2 Å². The molecule has 0 aliphatic rings. The molecule has 2 atom stereocenters. The average molecular weight is 249 g/mol. The van der Waals surface area contributed by atoms with Gasteiger partial charge in [-0.1, -0.05) is 30.3 Å². The van der Waals surface area contributed by atoms with Crippen molar-refractivity contribution in [3.8, 4) is 0 Å². The Morgan fingerprint density at radius 3 is 2.39 bits per heavy atom. The Hall–Kier alpha value is -1.88. The minimum absolute atomic E-state index is 0.228. The smallest absolute Gasteiger partial charge is 0.239 e. The molecule has 5 heteroatoms. The van der Waals surface area contributed by atoms with Crippen LogP contribution in [0.25, 0.3) is 0 Å². The maximum Gasteiger partial charge on any atom is 0.239 e.